The number of hydrogen-bond donors (Lipinski definition) is 2. The molecule has 0 saturated carbocycles. The van der Waals surface area contributed by atoms with E-state index in [0.29, 0.717) is 31.3 Å². The molecule has 0 aliphatic heterocycles. The molecule has 2 N–H and O–H groups in total. The number of ether oxygens (including phenoxy) is 1. The van der Waals surface area contributed by atoms with Gasteiger partial charge in [-0.15, -0.1) is 0 Å². The molecule has 0 fully saturated rings. The van der Waals surface area contributed by atoms with Gasteiger partial charge in [0.05, 0.1) is 12.3 Å². The van der Waals surface area contributed by atoms with Crippen molar-refractivity contribution in [1.29, 1.82) is 0 Å². The average molecular weight is 563 g/mol. The van der Waals surface area contributed by atoms with Crippen LogP contribution < -0.4 is 10.0 Å². The van der Waals surface area contributed by atoms with Crippen LogP contribution in [0.4, 0.5) is 5.88 Å². The summed E-state index contributed by atoms with van der Waals surface area (Å²) in [6.45, 7) is 16.1. The summed E-state index contributed by atoms with van der Waals surface area (Å²) in [5.74, 6) is 0.514. The fraction of sp³-hybridized carbons (Fsp3) is 0.375. The largest absolute Gasteiger partial charge is 0.377 e. The predicted molar refractivity (Wildman–Crippen MR) is 165 cm³/mol. The van der Waals surface area contributed by atoms with Gasteiger partial charge in [-0.2, -0.15) is 0 Å². The van der Waals surface area contributed by atoms with Crippen molar-refractivity contribution in [2.45, 2.75) is 71.9 Å². The maximum absolute atomic E-state index is 13.0. The van der Waals surface area contributed by atoms with Crippen LogP contribution in [0.2, 0.25) is 0 Å². The number of aryl methyl sites for hydroxylation is 1. The molecule has 0 saturated heterocycles. The minimum absolute atomic E-state index is 0.0943. The van der Waals surface area contributed by atoms with Crippen LogP contribution in [0.3, 0.4) is 0 Å². The fourth-order valence-corrected chi connectivity index (χ4v) is 5.16. The summed E-state index contributed by atoms with van der Waals surface area (Å²) in [6, 6.07) is 16.6. The molecule has 8 heteroatoms. The lowest BCUT2D eigenvalue weighted by Crippen LogP contribution is -2.33. The van der Waals surface area contributed by atoms with E-state index < -0.39 is 0 Å². The number of hydrogen-bond acceptors (Lipinski definition) is 7. The number of nitrogens with one attached hydrogen (secondary N) is 2. The molecule has 0 aliphatic carbocycles. The van der Waals surface area contributed by atoms with Crippen molar-refractivity contribution < 1.29 is 14.1 Å². The van der Waals surface area contributed by atoms with Gasteiger partial charge in [0.2, 0.25) is 5.88 Å². The highest BCUT2D eigenvalue weighted by atomic mass is 32.2. The Morgan fingerprint density at radius 3 is 2.55 bits per heavy atom. The third-order valence-corrected chi connectivity index (χ3v) is 7.48. The molecule has 40 heavy (non-hydrogen) atoms. The van der Waals surface area contributed by atoms with Gasteiger partial charge in [0.15, 0.2) is 0 Å². The molecule has 1 heterocycles. The zero-order valence-electron chi connectivity index (χ0n) is 24.6. The molecule has 3 rings (SSSR count). The van der Waals surface area contributed by atoms with Crippen LogP contribution in [0.5, 0.6) is 0 Å². The van der Waals surface area contributed by atoms with Crippen molar-refractivity contribution in [1.82, 2.24) is 15.4 Å². The van der Waals surface area contributed by atoms with E-state index in [9.17, 15) is 4.79 Å². The summed E-state index contributed by atoms with van der Waals surface area (Å²) in [5.41, 5.74) is 7.82. The van der Waals surface area contributed by atoms with Crippen LogP contribution in [0.25, 0.3) is 11.1 Å². The first-order valence-corrected chi connectivity index (χ1v) is 14.7. The third-order valence-electron chi connectivity index (χ3n) is 6.61. The van der Waals surface area contributed by atoms with E-state index in [1.54, 1.807) is 7.05 Å². The lowest BCUT2D eigenvalue weighted by Gasteiger charge is -2.30. The van der Waals surface area contributed by atoms with E-state index in [1.807, 2.05) is 39.0 Å². The first-order valence-electron chi connectivity index (χ1n) is 13.8. The summed E-state index contributed by atoms with van der Waals surface area (Å²) in [5, 5.41) is 6.78. The molecule has 7 nitrogen and oxygen atoms in total. The number of rotatable bonds is 15. The van der Waals surface area contributed by atoms with Crippen molar-refractivity contribution in [3.05, 3.63) is 88.9 Å². The molecule has 214 valence electrons. The van der Waals surface area contributed by atoms with Crippen molar-refractivity contribution in [3.8, 4) is 11.1 Å². The number of aromatic nitrogens is 1. The van der Waals surface area contributed by atoms with Crippen LogP contribution in [-0.4, -0.2) is 29.6 Å². The summed E-state index contributed by atoms with van der Waals surface area (Å²) >= 11 is 1.49. The van der Waals surface area contributed by atoms with E-state index in [4.69, 9.17) is 9.26 Å². The Hall–Kier alpha value is -3.49. The second-order valence-electron chi connectivity index (χ2n) is 9.63. The van der Waals surface area contributed by atoms with Crippen molar-refractivity contribution in [2.75, 3.05) is 18.4 Å². The summed E-state index contributed by atoms with van der Waals surface area (Å²) in [7, 11) is 1.68. The van der Waals surface area contributed by atoms with Gasteiger partial charge in [0, 0.05) is 36.9 Å². The van der Waals surface area contributed by atoms with Gasteiger partial charge < -0.3 is 19.5 Å². The van der Waals surface area contributed by atoms with Gasteiger partial charge in [-0.3, -0.25) is 9.52 Å². The summed E-state index contributed by atoms with van der Waals surface area (Å²) in [6.07, 6.45) is 2.54. The Morgan fingerprint density at radius 2 is 1.90 bits per heavy atom. The normalized spacial score (nSPS) is 11.7. The maximum Gasteiger partial charge on any atom is 0.267 e. The standard InChI is InChI=1S/C32H42N4O3S/c1-8-13-24(6)36(31(22(4)9-2)32(37)33-7)20-25-16-17-27(26(19-25)21-38-10-3)28-14-11-12-15-29(28)40-35-30-18-23(5)34-39-30/h11-12,14-19,35H,6,8-10,13,20-21H2,1-5,7H3,(H,33,37)/b31-22+. The van der Waals surface area contributed by atoms with Crippen molar-refractivity contribution in [3.63, 3.8) is 0 Å². The van der Waals surface area contributed by atoms with Crippen LogP contribution in [0, 0.1) is 6.92 Å². The number of benzene rings is 2. The Kier molecular flexibility index (Phi) is 11.9. The monoisotopic (exact) mass is 562 g/mol. The van der Waals surface area contributed by atoms with E-state index in [-0.39, 0.29) is 5.91 Å². The van der Waals surface area contributed by atoms with Gasteiger partial charge in [-0.1, -0.05) is 68.4 Å². The second kappa shape index (κ2) is 15.3. The number of amides is 1. The predicted octanol–water partition coefficient (Wildman–Crippen LogP) is 7.85. The molecule has 1 amide bonds. The molecule has 0 radical (unpaired) electrons. The van der Waals surface area contributed by atoms with Gasteiger partial charge in [-0.25, -0.2) is 0 Å². The van der Waals surface area contributed by atoms with E-state index in [1.165, 1.54) is 11.9 Å². The minimum Gasteiger partial charge on any atom is -0.377 e. The van der Waals surface area contributed by atoms with Crippen molar-refractivity contribution in [2.24, 2.45) is 0 Å². The number of anilines is 1. The maximum atomic E-state index is 13.0. The Morgan fingerprint density at radius 1 is 1.12 bits per heavy atom. The molecule has 0 atom stereocenters. The zero-order chi connectivity index (χ0) is 29.1. The number of likely N-dealkylation sites (N-methyl/N-ethyl adjacent to an activating group) is 1. The van der Waals surface area contributed by atoms with Crippen molar-refractivity contribution >= 4 is 23.7 Å². The number of carbonyl (C=O) groups excluding carboxylic acids is 1. The topological polar surface area (TPSA) is 79.6 Å². The quantitative estimate of drug-likeness (QED) is 0.144. The number of carbonyl (C=O) groups is 1. The van der Waals surface area contributed by atoms with E-state index in [0.717, 1.165) is 63.4 Å². The number of nitrogens with zero attached hydrogens (tertiary/aromatic N) is 2. The summed E-state index contributed by atoms with van der Waals surface area (Å²) < 4.78 is 14.5. The first kappa shape index (κ1) is 31.0. The molecule has 1 aromatic heterocycles. The lowest BCUT2D eigenvalue weighted by atomic mass is 9.97. The number of allylic oxidation sites excluding steroid dienone is 2. The minimum atomic E-state index is -0.0943. The van der Waals surface area contributed by atoms with Gasteiger partial charge in [-0.05, 0) is 79.5 Å². The van der Waals surface area contributed by atoms with Gasteiger partial charge >= 0.3 is 0 Å². The molecule has 0 aliphatic rings. The van der Waals surface area contributed by atoms with E-state index >= 15 is 0 Å². The van der Waals surface area contributed by atoms with Crippen LogP contribution in [-0.2, 0) is 22.7 Å². The zero-order valence-corrected chi connectivity index (χ0v) is 25.4. The Balaban J connectivity index is 2.01. The Bertz CT molecular complexity index is 1330. The second-order valence-corrected chi connectivity index (χ2v) is 10.5. The molecular weight excluding hydrogens is 520 g/mol. The van der Waals surface area contributed by atoms with E-state index in [2.05, 4.69) is 70.9 Å². The molecule has 3 aromatic rings. The molecule has 0 unspecified atom stereocenters. The van der Waals surface area contributed by atoms with Crippen LogP contribution in [0.1, 0.15) is 63.8 Å². The van der Waals surface area contributed by atoms with Gasteiger partial charge in [0.25, 0.3) is 5.91 Å². The van der Waals surface area contributed by atoms with Crippen LogP contribution >= 0.6 is 11.9 Å². The molecule has 0 bridgehead atoms. The van der Waals surface area contributed by atoms with Gasteiger partial charge in [0.1, 0.15) is 5.70 Å². The highest BCUT2D eigenvalue weighted by Crippen LogP contribution is 2.35. The molecular formula is C32H42N4O3S. The highest BCUT2D eigenvalue weighted by molar-refractivity contribution is 8.00. The smallest absolute Gasteiger partial charge is 0.267 e. The Labute approximate surface area is 243 Å². The highest BCUT2D eigenvalue weighted by Gasteiger charge is 2.22. The first-order chi connectivity index (χ1) is 19.3. The molecule has 2 aromatic carbocycles. The third kappa shape index (κ3) is 8.02. The fourth-order valence-electron chi connectivity index (χ4n) is 4.42. The van der Waals surface area contributed by atoms with Crippen LogP contribution in [0.15, 0.2) is 81.5 Å². The summed E-state index contributed by atoms with van der Waals surface area (Å²) in [4.78, 5) is 16.1. The lowest BCUT2D eigenvalue weighted by molar-refractivity contribution is -0.118. The SMILES string of the molecule is C=C(CCC)N(Cc1ccc(-c2ccccc2SNc2cc(C)no2)c(COCC)c1)/C(C(=O)NC)=C(\C)CC. The molecule has 0 spiro atoms. The average Bonchev–Trinajstić information content (AvgIpc) is 3.39.